The summed E-state index contributed by atoms with van der Waals surface area (Å²) in [7, 11) is 1.46. The summed E-state index contributed by atoms with van der Waals surface area (Å²) in [5.74, 6) is -0.482. The molecule has 0 aliphatic carbocycles. The van der Waals surface area contributed by atoms with E-state index >= 15 is 0 Å². The number of carbonyl (C=O) groups is 1. The maximum atomic E-state index is 12.5. The Morgan fingerprint density at radius 3 is 2.38 bits per heavy atom. The maximum Gasteiger partial charge on any atom is 0.191 e. The van der Waals surface area contributed by atoms with E-state index in [1.54, 1.807) is 6.92 Å². The van der Waals surface area contributed by atoms with Crippen LogP contribution >= 0.6 is 0 Å². The van der Waals surface area contributed by atoms with Gasteiger partial charge in [-0.25, -0.2) is 4.39 Å². The van der Waals surface area contributed by atoms with Crippen molar-refractivity contribution in [3.8, 4) is 0 Å². The van der Waals surface area contributed by atoms with E-state index < -0.39 is 6.10 Å². The number of benzene rings is 1. The van der Waals surface area contributed by atoms with Gasteiger partial charge in [-0.1, -0.05) is 0 Å². The van der Waals surface area contributed by atoms with Crippen molar-refractivity contribution < 1.29 is 13.9 Å². The molecule has 1 rings (SSSR count). The second kappa shape index (κ2) is 4.14. The lowest BCUT2D eigenvalue weighted by molar-refractivity contribution is 0.0655. The summed E-state index contributed by atoms with van der Waals surface area (Å²) in [6, 6.07) is 5.42. The molecule has 1 atom stereocenters. The fourth-order valence-corrected chi connectivity index (χ4v) is 0.956. The van der Waals surface area contributed by atoms with Crippen molar-refractivity contribution in [1.82, 2.24) is 0 Å². The summed E-state index contributed by atoms with van der Waals surface area (Å²) in [5, 5.41) is 0. The van der Waals surface area contributed by atoms with Crippen LogP contribution in [0.15, 0.2) is 24.3 Å². The number of rotatable bonds is 3. The second-order valence-electron chi connectivity index (χ2n) is 2.75. The first-order chi connectivity index (χ1) is 6.15. The Hall–Kier alpha value is -1.22. The quantitative estimate of drug-likeness (QED) is 0.668. The molecule has 70 valence electrons. The van der Waals surface area contributed by atoms with Crippen molar-refractivity contribution in [2.75, 3.05) is 7.11 Å². The van der Waals surface area contributed by atoms with Gasteiger partial charge in [0.2, 0.25) is 0 Å². The predicted octanol–water partition coefficient (Wildman–Crippen LogP) is 2.04. The molecule has 0 aromatic heterocycles. The van der Waals surface area contributed by atoms with Gasteiger partial charge in [-0.3, -0.25) is 4.79 Å². The van der Waals surface area contributed by atoms with Gasteiger partial charge < -0.3 is 4.74 Å². The highest BCUT2D eigenvalue weighted by Crippen LogP contribution is 2.07. The van der Waals surface area contributed by atoms with Crippen LogP contribution in [0.25, 0.3) is 0 Å². The average Bonchev–Trinajstić information content (AvgIpc) is 2.17. The number of Topliss-reactive ketones (excluding diaryl/α,β-unsaturated/α-hetero) is 1. The molecule has 1 aromatic carbocycles. The molecule has 1 unspecified atom stereocenters. The van der Waals surface area contributed by atoms with Crippen LogP contribution in [-0.4, -0.2) is 19.0 Å². The standard InChI is InChI=1S/C10H11FO2/c1-7(13-2)10(12)8-3-5-9(11)6-4-8/h3-7H,1-2H3. The van der Waals surface area contributed by atoms with E-state index in [4.69, 9.17) is 4.74 Å². The third-order valence-corrected chi connectivity index (χ3v) is 1.85. The number of methoxy groups -OCH3 is 1. The number of hydrogen-bond acceptors (Lipinski definition) is 2. The Morgan fingerprint density at radius 1 is 1.38 bits per heavy atom. The smallest absolute Gasteiger partial charge is 0.191 e. The topological polar surface area (TPSA) is 26.3 Å². The van der Waals surface area contributed by atoms with E-state index in [0.29, 0.717) is 5.56 Å². The highest BCUT2D eigenvalue weighted by molar-refractivity contribution is 5.99. The molecule has 0 saturated heterocycles. The van der Waals surface area contributed by atoms with Gasteiger partial charge in [-0.15, -0.1) is 0 Å². The molecule has 0 bridgehead atoms. The van der Waals surface area contributed by atoms with Crippen molar-refractivity contribution >= 4 is 5.78 Å². The molecule has 13 heavy (non-hydrogen) atoms. The highest BCUT2D eigenvalue weighted by Gasteiger charge is 2.13. The molecule has 0 aliphatic rings. The van der Waals surface area contributed by atoms with Gasteiger partial charge in [0.05, 0.1) is 0 Å². The SMILES string of the molecule is COC(C)C(=O)c1ccc(F)cc1. The van der Waals surface area contributed by atoms with Crippen molar-refractivity contribution in [3.05, 3.63) is 35.6 Å². The fraction of sp³-hybridized carbons (Fsp3) is 0.300. The zero-order chi connectivity index (χ0) is 9.84. The molecule has 0 fully saturated rings. The summed E-state index contributed by atoms with van der Waals surface area (Å²) in [4.78, 5) is 11.4. The number of ketones is 1. The van der Waals surface area contributed by atoms with Gasteiger partial charge in [-0.2, -0.15) is 0 Å². The number of carbonyl (C=O) groups excluding carboxylic acids is 1. The zero-order valence-corrected chi connectivity index (χ0v) is 7.58. The van der Waals surface area contributed by atoms with Gasteiger partial charge >= 0.3 is 0 Å². The summed E-state index contributed by atoms with van der Waals surface area (Å²) in [5.41, 5.74) is 0.468. The minimum absolute atomic E-state index is 0.137. The largest absolute Gasteiger partial charge is 0.374 e. The number of ether oxygens (including phenoxy) is 1. The second-order valence-corrected chi connectivity index (χ2v) is 2.75. The fourth-order valence-electron chi connectivity index (χ4n) is 0.956. The third-order valence-electron chi connectivity index (χ3n) is 1.85. The Balaban J connectivity index is 2.83. The number of hydrogen-bond donors (Lipinski definition) is 0. The molecule has 0 heterocycles. The lowest BCUT2D eigenvalue weighted by Gasteiger charge is -2.07. The first-order valence-electron chi connectivity index (χ1n) is 3.97. The predicted molar refractivity (Wildman–Crippen MR) is 47.2 cm³/mol. The average molecular weight is 182 g/mol. The van der Waals surface area contributed by atoms with E-state index in [9.17, 15) is 9.18 Å². The van der Waals surface area contributed by atoms with Crippen molar-refractivity contribution in [3.63, 3.8) is 0 Å². The highest BCUT2D eigenvalue weighted by atomic mass is 19.1. The molecule has 3 heteroatoms. The van der Waals surface area contributed by atoms with Crippen LogP contribution in [-0.2, 0) is 4.74 Å². The Kier molecular flexibility index (Phi) is 3.14. The van der Waals surface area contributed by atoms with Gasteiger partial charge in [0.25, 0.3) is 0 Å². The van der Waals surface area contributed by atoms with Crippen molar-refractivity contribution in [2.24, 2.45) is 0 Å². The monoisotopic (exact) mass is 182 g/mol. The van der Waals surface area contributed by atoms with Gasteiger partial charge in [0.1, 0.15) is 11.9 Å². The molecule has 0 radical (unpaired) electrons. The van der Waals surface area contributed by atoms with Gasteiger partial charge in [0, 0.05) is 12.7 Å². The van der Waals surface area contributed by atoms with Crippen LogP contribution in [0.2, 0.25) is 0 Å². The Morgan fingerprint density at radius 2 is 1.92 bits per heavy atom. The third kappa shape index (κ3) is 2.36. The van der Waals surface area contributed by atoms with E-state index in [-0.39, 0.29) is 11.6 Å². The molecular formula is C10H11FO2. The van der Waals surface area contributed by atoms with Crippen molar-refractivity contribution in [2.45, 2.75) is 13.0 Å². The minimum atomic E-state index is -0.481. The summed E-state index contributed by atoms with van der Waals surface area (Å²) in [6.07, 6.45) is -0.481. The lowest BCUT2D eigenvalue weighted by atomic mass is 10.1. The van der Waals surface area contributed by atoms with Crippen molar-refractivity contribution in [1.29, 1.82) is 0 Å². The molecule has 0 N–H and O–H groups in total. The van der Waals surface area contributed by atoms with Crippen LogP contribution in [0.5, 0.6) is 0 Å². The van der Waals surface area contributed by atoms with Crippen LogP contribution in [0.4, 0.5) is 4.39 Å². The number of halogens is 1. The summed E-state index contributed by atoms with van der Waals surface area (Å²) in [6.45, 7) is 1.66. The minimum Gasteiger partial charge on any atom is -0.374 e. The van der Waals surface area contributed by atoms with E-state index in [0.717, 1.165) is 0 Å². The normalized spacial score (nSPS) is 12.5. The lowest BCUT2D eigenvalue weighted by Crippen LogP contribution is -2.18. The van der Waals surface area contributed by atoms with E-state index in [1.807, 2.05) is 0 Å². The van der Waals surface area contributed by atoms with Crippen LogP contribution in [0.1, 0.15) is 17.3 Å². The summed E-state index contributed by atoms with van der Waals surface area (Å²) < 4.78 is 17.3. The molecule has 1 aromatic rings. The first kappa shape index (κ1) is 9.86. The first-order valence-corrected chi connectivity index (χ1v) is 3.97. The molecular weight excluding hydrogens is 171 g/mol. The molecule has 0 saturated carbocycles. The molecule has 2 nitrogen and oxygen atoms in total. The van der Waals surface area contributed by atoms with Gasteiger partial charge in [0.15, 0.2) is 5.78 Å². The van der Waals surface area contributed by atoms with E-state index in [1.165, 1.54) is 31.4 Å². The molecule has 0 amide bonds. The summed E-state index contributed by atoms with van der Waals surface area (Å²) >= 11 is 0. The maximum absolute atomic E-state index is 12.5. The van der Waals surface area contributed by atoms with Crippen LogP contribution in [0, 0.1) is 5.82 Å². The molecule has 0 aliphatic heterocycles. The van der Waals surface area contributed by atoms with Crippen LogP contribution < -0.4 is 0 Å². The van der Waals surface area contributed by atoms with Crippen LogP contribution in [0.3, 0.4) is 0 Å². The Labute approximate surface area is 76.3 Å². The Bertz CT molecular complexity index is 292. The zero-order valence-electron chi connectivity index (χ0n) is 7.58. The molecule has 0 spiro atoms. The van der Waals surface area contributed by atoms with E-state index in [2.05, 4.69) is 0 Å². The van der Waals surface area contributed by atoms with Gasteiger partial charge in [-0.05, 0) is 31.2 Å².